The fraction of sp³-hybridized carbons (Fsp3) is 0.417. The molecule has 1 saturated heterocycles. The van der Waals surface area contributed by atoms with Crippen molar-refractivity contribution in [3.8, 4) is 0 Å². The average Bonchev–Trinajstić information content (AvgIpc) is 2.30. The Labute approximate surface area is 93.3 Å². The van der Waals surface area contributed by atoms with Gasteiger partial charge in [0.05, 0.1) is 12.5 Å². The van der Waals surface area contributed by atoms with Crippen LogP contribution in [0, 0.1) is 11.7 Å². The van der Waals surface area contributed by atoms with E-state index in [9.17, 15) is 14.3 Å². The van der Waals surface area contributed by atoms with Gasteiger partial charge in [0.1, 0.15) is 5.82 Å². The Bertz CT molecular complexity index is 377. The Hall–Kier alpha value is -1.42. The SMILES string of the molecule is O=C1NCC[C@@H](c2ccc(F)cc2)[C@@H]1CO. The predicted octanol–water partition coefficient (Wildman–Crippen LogP) is 1.04. The number of amides is 1. The molecule has 1 aliphatic heterocycles. The van der Waals surface area contributed by atoms with Crippen molar-refractivity contribution in [3.05, 3.63) is 35.6 Å². The molecule has 4 heteroatoms. The number of aliphatic hydroxyl groups is 1. The molecular formula is C12H14FNO2. The standard InChI is InChI=1S/C12H14FNO2/c13-9-3-1-8(2-4-9)10-5-6-14-12(16)11(10)7-15/h1-4,10-11,15H,5-7H2,(H,14,16)/t10-,11-/m0/s1. The van der Waals surface area contributed by atoms with Crippen molar-refractivity contribution in [3.63, 3.8) is 0 Å². The van der Waals surface area contributed by atoms with Crippen molar-refractivity contribution in [1.29, 1.82) is 0 Å². The van der Waals surface area contributed by atoms with Gasteiger partial charge in [0.15, 0.2) is 0 Å². The molecule has 1 heterocycles. The number of halogens is 1. The van der Waals surface area contributed by atoms with E-state index >= 15 is 0 Å². The third-order valence-electron chi connectivity index (χ3n) is 3.07. The normalized spacial score (nSPS) is 25.2. The second-order valence-electron chi connectivity index (χ2n) is 4.03. The second-order valence-corrected chi connectivity index (χ2v) is 4.03. The molecule has 0 aromatic heterocycles. The minimum absolute atomic E-state index is 0.0145. The molecule has 0 aliphatic carbocycles. The molecule has 0 bridgehead atoms. The molecular weight excluding hydrogens is 209 g/mol. The number of benzene rings is 1. The summed E-state index contributed by atoms with van der Waals surface area (Å²) >= 11 is 0. The molecule has 0 spiro atoms. The molecule has 1 aliphatic rings. The first-order chi connectivity index (χ1) is 7.72. The number of aliphatic hydroxyl groups excluding tert-OH is 1. The van der Waals surface area contributed by atoms with Crippen LogP contribution in [0.3, 0.4) is 0 Å². The number of hydrogen-bond donors (Lipinski definition) is 2. The fourth-order valence-electron chi connectivity index (χ4n) is 2.18. The summed E-state index contributed by atoms with van der Waals surface area (Å²) in [5.41, 5.74) is 0.912. The van der Waals surface area contributed by atoms with Gasteiger partial charge in [-0.05, 0) is 30.0 Å². The van der Waals surface area contributed by atoms with Crippen LogP contribution in [0.4, 0.5) is 4.39 Å². The molecule has 0 unspecified atom stereocenters. The van der Waals surface area contributed by atoms with Crippen LogP contribution < -0.4 is 5.32 Å². The van der Waals surface area contributed by atoms with Crippen LogP contribution in [0.5, 0.6) is 0 Å². The summed E-state index contributed by atoms with van der Waals surface area (Å²) in [7, 11) is 0. The first-order valence-electron chi connectivity index (χ1n) is 5.36. The maximum atomic E-state index is 12.8. The number of nitrogens with one attached hydrogen (secondary N) is 1. The maximum absolute atomic E-state index is 12.8. The van der Waals surface area contributed by atoms with Gasteiger partial charge in [-0.2, -0.15) is 0 Å². The number of rotatable bonds is 2. The van der Waals surface area contributed by atoms with Crippen molar-refractivity contribution in [2.75, 3.05) is 13.2 Å². The second kappa shape index (κ2) is 4.61. The van der Waals surface area contributed by atoms with Crippen LogP contribution in [0.1, 0.15) is 17.9 Å². The minimum atomic E-state index is -0.417. The molecule has 1 fully saturated rings. The van der Waals surface area contributed by atoms with E-state index < -0.39 is 5.92 Å². The van der Waals surface area contributed by atoms with Crippen molar-refractivity contribution in [1.82, 2.24) is 5.32 Å². The van der Waals surface area contributed by atoms with Crippen molar-refractivity contribution in [2.45, 2.75) is 12.3 Å². The lowest BCUT2D eigenvalue weighted by Crippen LogP contribution is -2.42. The third kappa shape index (κ3) is 2.07. The zero-order valence-corrected chi connectivity index (χ0v) is 8.82. The molecule has 0 radical (unpaired) electrons. The highest BCUT2D eigenvalue weighted by Gasteiger charge is 2.32. The summed E-state index contributed by atoms with van der Waals surface area (Å²) in [6.45, 7) is 0.436. The number of hydrogen-bond acceptors (Lipinski definition) is 2. The highest BCUT2D eigenvalue weighted by atomic mass is 19.1. The molecule has 3 nitrogen and oxygen atoms in total. The van der Waals surface area contributed by atoms with Crippen LogP contribution in [-0.2, 0) is 4.79 Å². The van der Waals surface area contributed by atoms with Gasteiger partial charge in [0, 0.05) is 6.54 Å². The summed E-state index contributed by atoms with van der Waals surface area (Å²) in [4.78, 5) is 11.5. The van der Waals surface area contributed by atoms with E-state index in [1.807, 2.05) is 0 Å². The Kier molecular flexibility index (Phi) is 3.19. The first kappa shape index (κ1) is 11.1. The van der Waals surface area contributed by atoms with Gasteiger partial charge in [-0.1, -0.05) is 12.1 Å². The van der Waals surface area contributed by atoms with Crippen LogP contribution in [0.25, 0.3) is 0 Å². The summed E-state index contributed by atoms with van der Waals surface area (Å²) < 4.78 is 12.8. The topological polar surface area (TPSA) is 49.3 Å². The largest absolute Gasteiger partial charge is 0.396 e. The van der Waals surface area contributed by atoms with Gasteiger partial charge in [0.2, 0.25) is 5.91 Å². The van der Waals surface area contributed by atoms with E-state index in [0.29, 0.717) is 6.54 Å². The summed E-state index contributed by atoms with van der Waals surface area (Å²) in [6.07, 6.45) is 0.780. The first-order valence-corrected chi connectivity index (χ1v) is 5.36. The van der Waals surface area contributed by atoms with Crippen LogP contribution >= 0.6 is 0 Å². The van der Waals surface area contributed by atoms with E-state index in [2.05, 4.69) is 5.32 Å². The molecule has 1 aromatic rings. The highest BCUT2D eigenvalue weighted by molar-refractivity contribution is 5.80. The lowest BCUT2D eigenvalue weighted by molar-refractivity contribution is -0.128. The summed E-state index contributed by atoms with van der Waals surface area (Å²) in [5, 5.41) is 11.9. The molecule has 2 atom stereocenters. The minimum Gasteiger partial charge on any atom is -0.396 e. The summed E-state index contributed by atoms with van der Waals surface area (Å²) in [5.74, 6) is -0.841. The molecule has 2 rings (SSSR count). The van der Waals surface area contributed by atoms with Gasteiger partial charge in [-0.25, -0.2) is 4.39 Å². The summed E-state index contributed by atoms with van der Waals surface area (Å²) in [6, 6.07) is 6.13. The van der Waals surface area contributed by atoms with Gasteiger partial charge in [-0.3, -0.25) is 4.79 Å². The van der Waals surface area contributed by atoms with Crippen molar-refractivity contribution < 1.29 is 14.3 Å². The molecule has 1 amide bonds. The van der Waals surface area contributed by atoms with E-state index in [-0.39, 0.29) is 24.2 Å². The van der Waals surface area contributed by atoms with E-state index in [0.717, 1.165) is 12.0 Å². The highest BCUT2D eigenvalue weighted by Crippen LogP contribution is 2.30. The van der Waals surface area contributed by atoms with Crippen molar-refractivity contribution >= 4 is 5.91 Å². The lowest BCUT2D eigenvalue weighted by atomic mass is 9.81. The van der Waals surface area contributed by atoms with E-state index in [4.69, 9.17) is 0 Å². The Morgan fingerprint density at radius 2 is 2.06 bits per heavy atom. The number of piperidine rings is 1. The Morgan fingerprint density at radius 1 is 1.38 bits per heavy atom. The lowest BCUT2D eigenvalue weighted by Gasteiger charge is -2.30. The third-order valence-corrected chi connectivity index (χ3v) is 3.07. The quantitative estimate of drug-likeness (QED) is 0.787. The Morgan fingerprint density at radius 3 is 2.69 bits per heavy atom. The monoisotopic (exact) mass is 223 g/mol. The molecule has 2 N–H and O–H groups in total. The van der Waals surface area contributed by atoms with Crippen LogP contribution in [0.2, 0.25) is 0 Å². The molecule has 86 valence electrons. The zero-order valence-electron chi connectivity index (χ0n) is 8.82. The zero-order chi connectivity index (χ0) is 11.5. The van der Waals surface area contributed by atoms with Crippen LogP contribution in [-0.4, -0.2) is 24.2 Å². The van der Waals surface area contributed by atoms with Crippen molar-refractivity contribution in [2.24, 2.45) is 5.92 Å². The average molecular weight is 223 g/mol. The van der Waals surface area contributed by atoms with E-state index in [1.54, 1.807) is 12.1 Å². The Balaban J connectivity index is 2.24. The molecule has 0 saturated carbocycles. The maximum Gasteiger partial charge on any atom is 0.226 e. The van der Waals surface area contributed by atoms with Gasteiger partial charge >= 0.3 is 0 Å². The number of carbonyl (C=O) groups is 1. The van der Waals surface area contributed by atoms with E-state index in [1.165, 1.54) is 12.1 Å². The van der Waals surface area contributed by atoms with Gasteiger partial charge in [0.25, 0.3) is 0 Å². The molecule has 1 aromatic carbocycles. The fourth-order valence-corrected chi connectivity index (χ4v) is 2.18. The van der Waals surface area contributed by atoms with Crippen LogP contribution in [0.15, 0.2) is 24.3 Å². The number of carbonyl (C=O) groups excluding carboxylic acids is 1. The van der Waals surface area contributed by atoms with Gasteiger partial charge < -0.3 is 10.4 Å². The van der Waals surface area contributed by atoms with Gasteiger partial charge in [-0.15, -0.1) is 0 Å². The molecule has 16 heavy (non-hydrogen) atoms. The smallest absolute Gasteiger partial charge is 0.226 e. The predicted molar refractivity (Wildman–Crippen MR) is 57.3 cm³/mol.